The molecule has 3 aromatic rings. The normalized spacial score (nSPS) is 10.1. The Morgan fingerprint density at radius 2 is 1.77 bits per heavy atom. The molecule has 2 heterocycles. The van der Waals surface area contributed by atoms with E-state index in [0.29, 0.717) is 26.2 Å². The second kappa shape index (κ2) is 12.4. The molecule has 0 saturated heterocycles. The van der Waals surface area contributed by atoms with Crippen LogP contribution in [0.25, 0.3) is 0 Å². The Balaban J connectivity index is 0.00000225. The van der Waals surface area contributed by atoms with Gasteiger partial charge in [-0.25, -0.2) is 0 Å². The van der Waals surface area contributed by atoms with Crippen molar-refractivity contribution in [3.05, 3.63) is 89.0 Å². The highest BCUT2D eigenvalue weighted by molar-refractivity contribution is 5.95. The van der Waals surface area contributed by atoms with Gasteiger partial charge in [-0.15, -0.1) is 24.8 Å². The second-order valence-corrected chi connectivity index (χ2v) is 7.05. The maximum atomic E-state index is 13.4. The van der Waals surface area contributed by atoms with Crippen molar-refractivity contribution >= 4 is 30.7 Å². The summed E-state index contributed by atoms with van der Waals surface area (Å²) < 4.78 is 2.15. The maximum Gasteiger partial charge on any atom is 0.255 e. The van der Waals surface area contributed by atoms with E-state index in [1.807, 2.05) is 73.3 Å². The molecule has 0 radical (unpaired) electrons. The Morgan fingerprint density at radius 1 is 1.07 bits per heavy atom. The van der Waals surface area contributed by atoms with Crippen LogP contribution in [0.3, 0.4) is 0 Å². The summed E-state index contributed by atoms with van der Waals surface area (Å²) in [5.41, 5.74) is 10.6. The van der Waals surface area contributed by atoms with E-state index in [2.05, 4.69) is 9.55 Å². The summed E-state index contributed by atoms with van der Waals surface area (Å²) in [5.74, 6) is 0.0534. The van der Waals surface area contributed by atoms with Crippen LogP contribution < -0.4 is 5.73 Å². The van der Waals surface area contributed by atoms with Crippen LogP contribution in [0, 0.1) is 13.8 Å². The highest BCUT2D eigenvalue weighted by atomic mass is 35.5. The average molecular weight is 449 g/mol. The van der Waals surface area contributed by atoms with Gasteiger partial charge in [-0.3, -0.25) is 9.78 Å². The number of nitrogens with zero attached hydrogens (tertiary/aromatic N) is 3. The van der Waals surface area contributed by atoms with Crippen LogP contribution in [0.1, 0.15) is 39.4 Å². The number of hydrogen-bond acceptors (Lipinski definition) is 3. The number of benzene rings is 1. The van der Waals surface area contributed by atoms with Gasteiger partial charge < -0.3 is 15.2 Å². The van der Waals surface area contributed by atoms with Gasteiger partial charge in [0.2, 0.25) is 0 Å². The van der Waals surface area contributed by atoms with Gasteiger partial charge in [0.15, 0.2) is 0 Å². The van der Waals surface area contributed by atoms with Crippen LogP contribution >= 0.6 is 24.8 Å². The lowest BCUT2D eigenvalue weighted by Gasteiger charge is -2.23. The van der Waals surface area contributed by atoms with E-state index in [0.717, 1.165) is 34.6 Å². The Hall–Kier alpha value is -2.34. The largest absolute Gasteiger partial charge is 0.342 e. The maximum absolute atomic E-state index is 13.4. The fourth-order valence-electron chi connectivity index (χ4n) is 3.42. The SMILES string of the molecule is Cc1cc(C(=O)N(CCCN)Cc2ccccc2)c(C)n1Cc1ccccn1.Cl.Cl. The molecule has 3 rings (SSSR count). The fraction of sp³-hybridized carbons (Fsp3) is 0.304. The molecule has 0 atom stereocenters. The van der Waals surface area contributed by atoms with Gasteiger partial charge in [0.25, 0.3) is 5.91 Å². The Bertz CT molecular complexity index is 914. The third kappa shape index (κ3) is 6.33. The summed E-state index contributed by atoms with van der Waals surface area (Å²) in [6.45, 7) is 6.50. The number of aryl methyl sites for hydroxylation is 1. The number of nitrogens with two attached hydrogens (primary N) is 1. The first-order chi connectivity index (χ1) is 13.6. The van der Waals surface area contributed by atoms with Crippen molar-refractivity contribution in [3.8, 4) is 0 Å². The van der Waals surface area contributed by atoms with Gasteiger partial charge in [-0.1, -0.05) is 36.4 Å². The highest BCUT2D eigenvalue weighted by Gasteiger charge is 2.21. The summed E-state index contributed by atoms with van der Waals surface area (Å²) in [4.78, 5) is 19.7. The number of aromatic nitrogens is 2. The first kappa shape index (κ1) is 25.7. The molecular weight excluding hydrogens is 419 g/mol. The van der Waals surface area contributed by atoms with Crippen LogP contribution in [0.2, 0.25) is 0 Å². The van der Waals surface area contributed by atoms with Gasteiger partial charge in [0.1, 0.15) is 0 Å². The molecule has 1 aromatic carbocycles. The number of pyridine rings is 1. The third-order valence-corrected chi connectivity index (χ3v) is 4.99. The molecule has 162 valence electrons. The van der Waals surface area contributed by atoms with Crippen LogP contribution in [0.15, 0.2) is 60.8 Å². The molecule has 0 fully saturated rings. The van der Waals surface area contributed by atoms with Crippen molar-refractivity contribution in [2.45, 2.75) is 33.4 Å². The first-order valence-corrected chi connectivity index (χ1v) is 9.70. The van der Waals surface area contributed by atoms with Crippen molar-refractivity contribution in [1.29, 1.82) is 0 Å². The number of carbonyl (C=O) groups excluding carboxylic acids is 1. The summed E-state index contributed by atoms with van der Waals surface area (Å²) in [6.07, 6.45) is 2.58. The first-order valence-electron chi connectivity index (χ1n) is 9.70. The Kier molecular flexibility index (Phi) is 10.6. The van der Waals surface area contributed by atoms with Crippen LogP contribution in [-0.4, -0.2) is 33.4 Å². The molecule has 0 aliphatic carbocycles. The van der Waals surface area contributed by atoms with Crippen LogP contribution in [0.4, 0.5) is 0 Å². The van der Waals surface area contributed by atoms with Crippen molar-refractivity contribution in [2.75, 3.05) is 13.1 Å². The standard InChI is InChI=1S/C23H28N4O.2ClH/c1-18-15-22(19(2)27(18)17-21-11-6-7-13-25-21)23(28)26(14-8-12-24)16-20-9-4-3-5-10-20;;/h3-7,9-11,13,15H,8,12,14,16-17,24H2,1-2H3;2*1H. The lowest BCUT2D eigenvalue weighted by atomic mass is 10.1. The quantitative estimate of drug-likeness (QED) is 0.555. The van der Waals surface area contributed by atoms with E-state index in [9.17, 15) is 4.79 Å². The number of hydrogen-bond donors (Lipinski definition) is 1. The third-order valence-electron chi connectivity index (χ3n) is 4.99. The Labute approximate surface area is 191 Å². The monoisotopic (exact) mass is 448 g/mol. The van der Waals surface area contributed by atoms with E-state index in [1.165, 1.54) is 0 Å². The van der Waals surface area contributed by atoms with Gasteiger partial charge >= 0.3 is 0 Å². The molecule has 5 nitrogen and oxygen atoms in total. The van der Waals surface area contributed by atoms with Crippen LogP contribution in [-0.2, 0) is 13.1 Å². The van der Waals surface area contributed by atoms with Crippen LogP contribution in [0.5, 0.6) is 0 Å². The van der Waals surface area contributed by atoms with Gasteiger partial charge in [-0.05, 0) is 50.6 Å². The molecule has 0 bridgehead atoms. The van der Waals surface area contributed by atoms with E-state index in [-0.39, 0.29) is 30.7 Å². The lowest BCUT2D eigenvalue weighted by Crippen LogP contribution is -2.32. The molecule has 0 unspecified atom stereocenters. The predicted molar refractivity (Wildman–Crippen MR) is 127 cm³/mol. The molecule has 0 spiro atoms. The van der Waals surface area contributed by atoms with E-state index in [4.69, 9.17) is 5.73 Å². The summed E-state index contributed by atoms with van der Waals surface area (Å²) in [7, 11) is 0. The summed E-state index contributed by atoms with van der Waals surface area (Å²) >= 11 is 0. The lowest BCUT2D eigenvalue weighted by molar-refractivity contribution is 0.0741. The molecule has 2 N–H and O–H groups in total. The minimum absolute atomic E-state index is 0. The van der Waals surface area contributed by atoms with Crippen molar-refractivity contribution in [3.63, 3.8) is 0 Å². The molecule has 0 aliphatic heterocycles. The van der Waals surface area contributed by atoms with E-state index in [1.54, 1.807) is 6.20 Å². The van der Waals surface area contributed by atoms with E-state index < -0.39 is 0 Å². The van der Waals surface area contributed by atoms with Crippen molar-refractivity contribution < 1.29 is 4.79 Å². The minimum Gasteiger partial charge on any atom is -0.342 e. The fourth-order valence-corrected chi connectivity index (χ4v) is 3.42. The van der Waals surface area contributed by atoms with E-state index >= 15 is 0 Å². The zero-order valence-electron chi connectivity index (χ0n) is 17.5. The second-order valence-electron chi connectivity index (χ2n) is 7.05. The molecule has 0 aliphatic rings. The molecule has 7 heteroatoms. The van der Waals surface area contributed by atoms with Gasteiger partial charge in [-0.2, -0.15) is 0 Å². The number of carbonyl (C=O) groups is 1. The van der Waals surface area contributed by atoms with Gasteiger partial charge in [0, 0.05) is 30.7 Å². The molecule has 2 aromatic heterocycles. The van der Waals surface area contributed by atoms with Crippen molar-refractivity contribution in [2.24, 2.45) is 5.73 Å². The number of amides is 1. The summed E-state index contributed by atoms with van der Waals surface area (Å²) in [5, 5.41) is 0. The Morgan fingerprint density at radius 3 is 2.40 bits per heavy atom. The number of halogens is 2. The predicted octanol–water partition coefficient (Wildman–Crippen LogP) is 4.38. The minimum atomic E-state index is 0. The highest BCUT2D eigenvalue weighted by Crippen LogP contribution is 2.20. The molecule has 0 saturated carbocycles. The zero-order valence-corrected chi connectivity index (χ0v) is 19.1. The topological polar surface area (TPSA) is 64.2 Å². The number of rotatable bonds is 8. The van der Waals surface area contributed by atoms with Crippen molar-refractivity contribution in [1.82, 2.24) is 14.5 Å². The molecular formula is C23H30Cl2N4O. The molecule has 1 amide bonds. The average Bonchev–Trinajstić information content (AvgIpc) is 3.00. The van der Waals surface area contributed by atoms with Gasteiger partial charge in [0.05, 0.1) is 17.8 Å². The summed E-state index contributed by atoms with van der Waals surface area (Å²) in [6, 6.07) is 18.0. The smallest absolute Gasteiger partial charge is 0.255 e. The zero-order chi connectivity index (χ0) is 19.9. The molecule has 30 heavy (non-hydrogen) atoms.